The molecule has 194 valence electrons. The Morgan fingerprint density at radius 2 is 2.11 bits per heavy atom. The van der Waals surface area contributed by atoms with Gasteiger partial charge in [-0.3, -0.25) is 14.6 Å². The fourth-order valence-corrected chi connectivity index (χ4v) is 4.38. The summed E-state index contributed by atoms with van der Waals surface area (Å²) < 4.78 is 10.8. The Morgan fingerprint density at radius 3 is 2.84 bits per heavy atom. The number of methoxy groups -OCH3 is 2. The van der Waals surface area contributed by atoms with Crippen molar-refractivity contribution in [3.8, 4) is 5.75 Å². The third-order valence-electron chi connectivity index (χ3n) is 6.14. The van der Waals surface area contributed by atoms with Crippen LogP contribution in [0, 0.1) is 6.92 Å². The van der Waals surface area contributed by atoms with Crippen molar-refractivity contribution in [3.63, 3.8) is 0 Å². The summed E-state index contributed by atoms with van der Waals surface area (Å²) in [5.74, 6) is 1.22. The molecule has 37 heavy (non-hydrogen) atoms. The first-order valence-corrected chi connectivity index (χ1v) is 12.1. The summed E-state index contributed by atoms with van der Waals surface area (Å²) in [6, 6.07) is 5.20. The lowest BCUT2D eigenvalue weighted by atomic mass is 10.1. The number of ether oxygens (including phenoxy) is 2. The third kappa shape index (κ3) is 5.64. The van der Waals surface area contributed by atoms with Crippen LogP contribution in [0.15, 0.2) is 60.6 Å². The first-order valence-electron chi connectivity index (χ1n) is 12.1. The van der Waals surface area contributed by atoms with Gasteiger partial charge in [0.25, 0.3) is 0 Å². The SMILES string of the molecule is C=CC(=O)NC1=C(Nc2ncc3c(n2)N(C(C)COC)C(=O)N(c2cc(C)cc(OC)c2)C3)C=CCC1. The van der Waals surface area contributed by atoms with Crippen molar-refractivity contribution in [2.45, 2.75) is 39.3 Å². The molecule has 1 aliphatic heterocycles. The molecule has 10 nitrogen and oxygen atoms in total. The first kappa shape index (κ1) is 25.9. The molecule has 3 amide bonds. The molecule has 0 saturated carbocycles. The zero-order chi connectivity index (χ0) is 26.5. The standard InChI is InChI=1S/C27H32N6O4/c1-6-24(34)29-22-9-7-8-10-23(22)30-26-28-14-19-15-32(20-11-17(2)12-21(13-20)37-5)27(35)33(25(19)31-26)18(3)16-36-4/h6,8,10-14,18H,1,7,9,15-16H2,2-5H3,(H,29,34)(H,28,30,31). The topological polar surface area (TPSA) is 109 Å². The van der Waals surface area contributed by atoms with Crippen LogP contribution in [0.1, 0.15) is 30.9 Å². The van der Waals surface area contributed by atoms with Crippen LogP contribution in [0.3, 0.4) is 0 Å². The van der Waals surface area contributed by atoms with Gasteiger partial charge in [-0.2, -0.15) is 4.98 Å². The number of aromatic nitrogens is 2. The number of urea groups is 1. The average molecular weight is 505 g/mol. The predicted octanol–water partition coefficient (Wildman–Crippen LogP) is 4.05. The van der Waals surface area contributed by atoms with Crippen molar-refractivity contribution in [2.75, 3.05) is 35.9 Å². The maximum atomic E-state index is 13.8. The maximum Gasteiger partial charge on any atom is 0.330 e. The monoisotopic (exact) mass is 504 g/mol. The number of nitrogens with one attached hydrogen (secondary N) is 2. The first-order chi connectivity index (χ1) is 17.8. The van der Waals surface area contributed by atoms with Crippen LogP contribution in [-0.4, -0.2) is 48.8 Å². The molecule has 2 N–H and O–H groups in total. The van der Waals surface area contributed by atoms with E-state index in [1.165, 1.54) is 6.08 Å². The molecule has 0 bridgehead atoms. The fourth-order valence-electron chi connectivity index (χ4n) is 4.38. The quantitative estimate of drug-likeness (QED) is 0.496. The van der Waals surface area contributed by atoms with Crippen LogP contribution in [0.2, 0.25) is 0 Å². The van der Waals surface area contributed by atoms with Gasteiger partial charge in [-0.05, 0) is 56.5 Å². The summed E-state index contributed by atoms with van der Waals surface area (Å²) in [5, 5.41) is 6.05. The highest BCUT2D eigenvalue weighted by Crippen LogP contribution is 2.34. The van der Waals surface area contributed by atoms with Crippen molar-refractivity contribution in [3.05, 3.63) is 71.7 Å². The molecule has 0 spiro atoms. The van der Waals surface area contributed by atoms with E-state index in [0.717, 1.165) is 28.9 Å². The number of anilines is 3. The minimum Gasteiger partial charge on any atom is -0.497 e. The summed E-state index contributed by atoms with van der Waals surface area (Å²) in [4.78, 5) is 38.3. The van der Waals surface area contributed by atoms with Crippen LogP contribution < -0.4 is 25.2 Å². The minimum atomic E-state index is -0.287. The zero-order valence-corrected chi connectivity index (χ0v) is 21.6. The zero-order valence-electron chi connectivity index (χ0n) is 21.6. The molecule has 1 aromatic carbocycles. The predicted molar refractivity (Wildman–Crippen MR) is 143 cm³/mol. The number of fused-ring (bicyclic) bond motifs is 1. The highest BCUT2D eigenvalue weighted by molar-refractivity contribution is 6.06. The minimum absolute atomic E-state index is 0.218. The van der Waals surface area contributed by atoms with Gasteiger partial charge in [-0.25, -0.2) is 9.78 Å². The highest BCUT2D eigenvalue weighted by Gasteiger charge is 2.36. The summed E-state index contributed by atoms with van der Waals surface area (Å²) in [6.07, 6.45) is 8.31. The van der Waals surface area contributed by atoms with Crippen LogP contribution in [0.5, 0.6) is 5.75 Å². The Kier molecular flexibility index (Phi) is 7.88. The van der Waals surface area contributed by atoms with Crippen LogP contribution >= 0.6 is 0 Å². The van der Waals surface area contributed by atoms with Crippen LogP contribution in [-0.2, 0) is 16.1 Å². The summed E-state index contributed by atoms with van der Waals surface area (Å²) >= 11 is 0. The number of rotatable bonds is 9. The highest BCUT2D eigenvalue weighted by atomic mass is 16.5. The Balaban J connectivity index is 1.71. The molecular weight excluding hydrogens is 472 g/mol. The molecule has 1 unspecified atom stereocenters. The van der Waals surface area contributed by atoms with E-state index in [1.807, 2.05) is 44.2 Å². The Morgan fingerprint density at radius 1 is 1.30 bits per heavy atom. The molecule has 2 heterocycles. The number of nitrogens with zero attached hydrogens (tertiary/aromatic N) is 4. The van der Waals surface area contributed by atoms with E-state index >= 15 is 0 Å². The van der Waals surface area contributed by atoms with Crippen LogP contribution in [0.4, 0.5) is 22.2 Å². The molecule has 1 atom stereocenters. The molecule has 10 heteroatoms. The summed E-state index contributed by atoms with van der Waals surface area (Å²) in [5.41, 5.74) is 3.92. The molecule has 4 rings (SSSR count). The lowest BCUT2D eigenvalue weighted by Crippen LogP contribution is -2.53. The van der Waals surface area contributed by atoms with Gasteiger partial charge < -0.3 is 20.1 Å². The number of benzene rings is 1. The van der Waals surface area contributed by atoms with Gasteiger partial charge in [0.2, 0.25) is 11.9 Å². The van der Waals surface area contributed by atoms with E-state index in [1.54, 1.807) is 30.2 Å². The van der Waals surface area contributed by atoms with E-state index in [2.05, 4.69) is 22.2 Å². The van der Waals surface area contributed by atoms with E-state index < -0.39 is 0 Å². The largest absolute Gasteiger partial charge is 0.497 e. The summed E-state index contributed by atoms with van der Waals surface area (Å²) in [6.45, 7) is 8.02. The normalized spacial score (nSPS) is 15.8. The Hall–Kier alpha value is -4.18. The lowest BCUT2D eigenvalue weighted by Gasteiger charge is -2.39. The number of carbonyl (C=O) groups excluding carboxylic acids is 2. The molecule has 1 aliphatic carbocycles. The molecule has 0 radical (unpaired) electrons. The Labute approximate surface area is 216 Å². The van der Waals surface area contributed by atoms with Crippen LogP contribution in [0.25, 0.3) is 0 Å². The fraction of sp³-hybridized carbons (Fsp3) is 0.333. The van der Waals surface area contributed by atoms with Gasteiger partial charge in [0.15, 0.2) is 0 Å². The second kappa shape index (κ2) is 11.3. The average Bonchev–Trinajstić information content (AvgIpc) is 2.89. The molecule has 0 saturated heterocycles. The van der Waals surface area contributed by atoms with Crippen molar-refractivity contribution < 1.29 is 19.1 Å². The smallest absolute Gasteiger partial charge is 0.330 e. The molecule has 2 aliphatic rings. The van der Waals surface area contributed by atoms with Crippen molar-refractivity contribution >= 4 is 29.4 Å². The van der Waals surface area contributed by atoms with Gasteiger partial charge in [0.1, 0.15) is 11.6 Å². The molecule has 2 aromatic rings. The van der Waals surface area contributed by atoms with Gasteiger partial charge in [0, 0.05) is 36.3 Å². The number of carbonyl (C=O) groups is 2. The second-order valence-corrected chi connectivity index (χ2v) is 8.95. The molecule has 1 aromatic heterocycles. The molecular formula is C27H32N6O4. The van der Waals surface area contributed by atoms with Gasteiger partial charge >= 0.3 is 6.03 Å². The van der Waals surface area contributed by atoms with Gasteiger partial charge in [-0.15, -0.1) is 0 Å². The lowest BCUT2D eigenvalue weighted by molar-refractivity contribution is -0.115. The van der Waals surface area contributed by atoms with E-state index in [0.29, 0.717) is 42.8 Å². The van der Waals surface area contributed by atoms with E-state index in [-0.39, 0.29) is 18.0 Å². The third-order valence-corrected chi connectivity index (χ3v) is 6.14. The van der Waals surface area contributed by atoms with E-state index in [4.69, 9.17) is 14.5 Å². The van der Waals surface area contributed by atoms with Gasteiger partial charge in [-0.1, -0.05) is 12.7 Å². The number of allylic oxidation sites excluding steroid dienone is 3. The number of amides is 3. The maximum absolute atomic E-state index is 13.8. The second-order valence-electron chi connectivity index (χ2n) is 8.95. The number of hydrogen-bond acceptors (Lipinski definition) is 7. The van der Waals surface area contributed by atoms with Gasteiger partial charge in [0.05, 0.1) is 32.0 Å². The molecule has 0 fully saturated rings. The van der Waals surface area contributed by atoms with Crippen molar-refractivity contribution in [2.24, 2.45) is 0 Å². The van der Waals surface area contributed by atoms with Crippen molar-refractivity contribution in [1.29, 1.82) is 0 Å². The number of hydrogen-bond donors (Lipinski definition) is 2. The summed E-state index contributed by atoms with van der Waals surface area (Å²) in [7, 11) is 3.20. The van der Waals surface area contributed by atoms with Crippen molar-refractivity contribution in [1.82, 2.24) is 15.3 Å². The number of aryl methyl sites for hydroxylation is 1. The van der Waals surface area contributed by atoms with E-state index in [9.17, 15) is 9.59 Å². The Bertz CT molecular complexity index is 1270.